The monoisotopic (exact) mass is 480 g/mol. The van der Waals surface area contributed by atoms with Crippen LogP contribution in [0, 0.1) is 5.82 Å². The molecule has 1 saturated heterocycles. The van der Waals surface area contributed by atoms with Gasteiger partial charge in [0.05, 0.1) is 5.02 Å². The van der Waals surface area contributed by atoms with E-state index in [-0.39, 0.29) is 29.3 Å². The van der Waals surface area contributed by atoms with Gasteiger partial charge in [-0.2, -0.15) is 0 Å². The largest absolute Gasteiger partial charge is 0.491 e. The summed E-state index contributed by atoms with van der Waals surface area (Å²) in [7, 11) is 0. The molecule has 1 aliphatic heterocycles. The highest BCUT2D eigenvalue weighted by Gasteiger charge is 2.24. The minimum atomic E-state index is -0.720. The normalized spacial score (nSPS) is 16.2. The van der Waals surface area contributed by atoms with Gasteiger partial charge in [-0.3, -0.25) is 4.79 Å². The number of amides is 1. The number of hydrogen-bond acceptors (Lipinski definition) is 5. The van der Waals surface area contributed by atoms with E-state index < -0.39 is 11.9 Å². The van der Waals surface area contributed by atoms with Crippen molar-refractivity contribution in [2.75, 3.05) is 26.2 Å². The molecule has 6 nitrogen and oxygen atoms in total. The first kappa shape index (κ1) is 22.9. The average Bonchev–Trinajstić information content (AvgIpc) is 3.19. The van der Waals surface area contributed by atoms with E-state index in [2.05, 4.69) is 10.2 Å². The highest BCUT2D eigenvalue weighted by molar-refractivity contribution is 6.31. The lowest BCUT2D eigenvalue weighted by molar-refractivity contribution is 0.0565. The van der Waals surface area contributed by atoms with E-state index in [4.69, 9.17) is 32.4 Å². The molecular formula is C23H23Cl2FN2O4. The smallest absolute Gasteiger partial charge is 0.287 e. The molecule has 0 unspecified atom stereocenters. The number of halogens is 3. The van der Waals surface area contributed by atoms with Crippen molar-refractivity contribution >= 4 is 40.1 Å². The quantitative estimate of drug-likeness (QED) is 0.520. The number of benzene rings is 2. The van der Waals surface area contributed by atoms with E-state index in [1.54, 1.807) is 30.3 Å². The molecule has 170 valence electrons. The second kappa shape index (κ2) is 10.1. The minimum absolute atomic E-state index is 0.0255. The van der Waals surface area contributed by atoms with Gasteiger partial charge in [-0.1, -0.05) is 23.2 Å². The van der Waals surface area contributed by atoms with E-state index in [1.807, 2.05) is 0 Å². The summed E-state index contributed by atoms with van der Waals surface area (Å²) in [6.07, 6.45) is 0.795. The Morgan fingerprint density at radius 3 is 2.75 bits per heavy atom. The summed E-state index contributed by atoms with van der Waals surface area (Å²) in [5.74, 6) is -0.232. The number of aliphatic hydroxyl groups excluding tert-OH is 1. The first-order valence-corrected chi connectivity index (χ1v) is 11.1. The Hall–Kier alpha value is -2.32. The van der Waals surface area contributed by atoms with Crippen molar-refractivity contribution < 1.29 is 23.4 Å². The number of fused-ring (bicyclic) bond motifs is 1. The summed E-state index contributed by atoms with van der Waals surface area (Å²) in [4.78, 5) is 14.7. The molecule has 3 aromatic rings. The number of nitrogens with zero attached hydrogens (tertiary/aromatic N) is 1. The molecule has 1 amide bonds. The number of nitrogens with one attached hydrogen (secondary N) is 1. The third-order valence-corrected chi connectivity index (χ3v) is 5.97. The van der Waals surface area contributed by atoms with Crippen molar-refractivity contribution in [3.63, 3.8) is 0 Å². The van der Waals surface area contributed by atoms with Gasteiger partial charge in [0, 0.05) is 42.2 Å². The second-order valence-corrected chi connectivity index (χ2v) is 8.73. The van der Waals surface area contributed by atoms with E-state index >= 15 is 0 Å². The van der Waals surface area contributed by atoms with Crippen LogP contribution in [0.25, 0.3) is 11.0 Å². The second-order valence-electron chi connectivity index (χ2n) is 7.88. The lowest BCUT2D eigenvalue weighted by Gasteiger charge is -2.33. The number of likely N-dealkylation sites (tertiary alicyclic amines) is 1. The molecule has 0 aliphatic carbocycles. The highest BCUT2D eigenvalue weighted by atomic mass is 35.5. The fourth-order valence-electron chi connectivity index (χ4n) is 3.75. The van der Waals surface area contributed by atoms with E-state index in [0.717, 1.165) is 31.3 Å². The first-order chi connectivity index (χ1) is 15.4. The third kappa shape index (κ3) is 5.72. The molecule has 1 aliphatic rings. The van der Waals surface area contributed by atoms with Crippen LogP contribution in [0.5, 0.6) is 5.75 Å². The maximum Gasteiger partial charge on any atom is 0.287 e. The van der Waals surface area contributed by atoms with Crippen LogP contribution in [0.3, 0.4) is 0 Å². The predicted molar refractivity (Wildman–Crippen MR) is 121 cm³/mol. The number of aliphatic hydroxyl groups is 1. The van der Waals surface area contributed by atoms with Crippen molar-refractivity contribution in [1.29, 1.82) is 0 Å². The van der Waals surface area contributed by atoms with Crippen molar-refractivity contribution in [3.8, 4) is 5.75 Å². The van der Waals surface area contributed by atoms with Gasteiger partial charge in [-0.05, 0) is 49.2 Å². The van der Waals surface area contributed by atoms with Crippen LogP contribution in [-0.4, -0.2) is 54.3 Å². The molecule has 2 heterocycles. The van der Waals surface area contributed by atoms with Crippen LogP contribution in [0.15, 0.2) is 46.9 Å². The molecule has 1 aromatic heterocycles. The van der Waals surface area contributed by atoms with Crippen molar-refractivity contribution in [2.24, 2.45) is 0 Å². The molecular weight excluding hydrogens is 458 g/mol. The van der Waals surface area contributed by atoms with Gasteiger partial charge in [-0.25, -0.2) is 4.39 Å². The Balaban J connectivity index is 1.21. The zero-order chi connectivity index (χ0) is 22.7. The SMILES string of the molecule is O=C(NC1CCN(C[C@H](O)COc2ccc(Cl)c(F)c2)CC1)c1cc2cc(Cl)ccc2o1. The van der Waals surface area contributed by atoms with Crippen molar-refractivity contribution in [1.82, 2.24) is 10.2 Å². The Morgan fingerprint density at radius 2 is 2.00 bits per heavy atom. The highest BCUT2D eigenvalue weighted by Crippen LogP contribution is 2.24. The van der Waals surface area contributed by atoms with Gasteiger partial charge in [-0.15, -0.1) is 0 Å². The number of carbonyl (C=O) groups excluding carboxylic acids is 1. The fraction of sp³-hybridized carbons (Fsp3) is 0.348. The Labute approximate surface area is 194 Å². The maximum absolute atomic E-state index is 13.5. The number of rotatable bonds is 7. The van der Waals surface area contributed by atoms with Crippen LogP contribution in [-0.2, 0) is 0 Å². The Morgan fingerprint density at radius 1 is 1.22 bits per heavy atom. The first-order valence-electron chi connectivity index (χ1n) is 10.4. The van der Waals surface area contributed by atoms with Crippen LogP contribution in [0.4, 0.5) is 4.39 Å². The molecule has 0 saturated carbocycles. The van der Waals surface area contributed by atoms with Crippen LogP contribution in [0.2, 0.25) is 10.0 Å². The van der Waals surface area contributed by atoms with Crippen molar-refractivity contribution in [2.45, 2.75) is 25.0 Å². The number of ether oxygens (including phenoxy) is 1. The fourth-order valence-corrected chi connectivity index (χ4v) is 4.05. The molecule has 32 heavy (non-hydrogen) atoms. The number of hydrogen-bond donors (Lipinski definition) is 2. The van der Waals surface area contributed by atoms with Gasteiger partial charge in [0.1, 0.15) is 29.9 Å². The maximum atomic E-state index is 13.5. The van der Waals surface area contributed by atoms with E-state index in [0.29, 0.717) is 22.9 Å². The topological polar surface area (TPSA) is 74.9 Å². The molecule has 0 radical (unpaired) electrons. The third-order valence-electron chi connectivity index (χ3n) is 5.43. The Bertz CT molecular complexity index is 1100. The molecule has 1 fully saturated rings. The molecule has 0 spiro atoms. The molecule has 4 rings (SSSR count). The number of β-amino-alcohol motifs (C(OH)–C–C–N with tert-alkyl or cyclic N) is 1. The van der Waals surface area contributed by atoms with E-state index in [9.17, 15) is 14.3 Å². The van der Waals surface area contributed by atoms with Gasteiger partial charge >= 0.3 is 0 Å². The van der Waals surface area contributed by atoms with Gasteiger partial charge in [0.2, 0.25) is 0 Å². The average molecular weight is 481 g/mol. The zero-order valence-electron chi connectivity index (χ0n) is 17.2. The number of carbonyl (C=O) groups is 1. The van der Waals surface area contributed by atoms with Gasteiger partial charge in [0.15, 0.2) is 5.76 Å². The zero-order valence-corrected chi connectivity index (χ0v) is 18.7. The lowest BCUT2D eigenvalue weighted by atomic mass is 10.0. The van der Waals surface area contributed by atoms with Gasteiger partial charge in [0.25, 0.3) is 5.91 Å². The van der Waals surface area contributed by atoms with Gasteiger partial charge < -0.3 is 24.5 Å². The number of piperidine rings is 1. The van der Waals surface area contributed by atoms with Crippen LogP contribution < -0.4 is 10.1 Å². The summed E-state index contributed by atoms with van der Waals surface area (Å²) in [6.45, 7) is 1.94. The molecule has 9 heteroatoms. The Kier molecular flexibility index (Phi) is 7.20. The molecule has 0 bridgehead atoms. The summed E-state index contributed by atoms with van der Waals surface area (Å²) >= 11 is 11.6. The summed E-state index contributed by atoms with van der Waals surface area (Å²) in [5, 5.41) is 14.7. The van der Waals surface area contributed by atoms with Crippen LogP contribution >= 0.6 is 23.2 Å². The molecule has 1 atom stereocenters. The van der Waals surface area contributed by atoms with Crippen molar-refractivity contribution in [3.05, 3.63) is 64.1 Å². The van der Waals surface area contributed by atoms with Crippen LogP contribution in [0.1, 0.15) is 23.4 Å². The van der Waals surface area contributed by atoms with E-state index in [1.165, 1.54) is 12.1 Å². The molecule has 2 aromatic carbocycles. The minimum Gasteiger partial charge on any atom is -0.491 e. The summed E-state index contributed by atoms with van der Waals surface area (Å²) in [6, 6.07) is 11.1. The molecule has 2 N–H and O–H groups in total. The lowest BCUT2D eigenvalue weighted by Crippen LogP contribution is -2.47. The standard InChI is InChI=1S/C23H23Cl2FN2O4/c24-15-1-4-21-14(9-15)10-22(32-21)23(30)27-16-5-7-28(8-6-16)12-17(29)13-31-18-2-3-19(25)20(26)11-18/h1-4,9-11,16-17,29H,5-8,12-13H2,(H,27,30)/t17-/m0/s1. The summed E-state index contributed by atoms with van der Waals surface area (Å²) < 4.78 is 24.5. The number of furan rings is 1. The predicted octanol–water partition coefficient (Wildman–Crippen LogP) is 4.51. The summed E-state index contributed by atoms with van der Waals surface area (Å²) in [5.41, 5.74) is 0.618.